The van der Waals surface area contributed by atoms with Crippen LogP contribution in [0, 0.1) is 28.6 Å². The zero-order valence-corrected chi connectivity index (χ0v) is 15.8. The number of aliphatic hydroxyl groups excluding tert-OH is 1. The fourth-order valence-corrected chi connectivity index (χ4v) is 7.00. The second-order valence-corrected chi connectivity index (χ2v) is 9.10. The van der Waals surface area contributed by atoms with Crippen molar-refractivity contribution < 1.29 is 5.11 Å². The van der Waals surface area contributed by atoms with Gasteiger partial charge in [0, 0.05) is 24.2 Å². The van der Waals surface area contributed by atoms with Crippen molar-refractivity contribution in [3.8, 4) is 0 Å². The van der Waals surface area contributed by atoms with E-state index in [1.807, 2.05) is 0 Å². The summed E-state index contributed by atoms with van der Waals surface area (Å²) in [6.07, 6.45) is 10.6. The van der Waals surface area contributed by atoms with Crippen LogP contribution in [0.3, 0.4) is 0 Å². The van der Waals surface area contributed by atoms with E-state index in [4.69, 9.17) is 0 Å². The van der Waals surface area contributed by atoms with E-state index in [1.54, 1.807) is 5.57 Å². The van der Waals surface area contributed by atoms with Gasteiger partial charge in [-0.05, 0) is 86.8 Å². The third-order valence-corrected chi connectivity index (χ3v) is 8.48. The molecule has 0 radical (unpaired) electrons. The maximum Gasteiger partial charge on any atom is 0.0950 e. The normalized spacial score (nSPS) is 47.6. The van der Waals surface area contributed by atoms with Crippen LogP contribution >= 0.6 is 0 Å². The lowest BCUT2D eigenvalue weighted by atomic mass is 9.48. The highest BCUT2D eigenvalue weighted by molar-refractivity contribution is 5.36. The average molecular weight is 331 g/mol. The maximum absolute atomic E-state index is 10.9. The highest BCUT2D eigenvalue weighted by Crippen LogP contribution is 2.65. The minimum absolute atomic E-state index is 0.0347. The Morgan fingerprint density at radius 2 is 1.88 bits per heavy atom. The van der Waals surface area contributed by atoms with Crippen molar-refractivity contribution in [2.24, 2.45) is 28.6 Å². The van der Waals surface area contributed by atoms with Gasteiger partial charge in [0.2, 0.25) is 0 Å². The molecule has 0 aliphatic heterocycles. The summed E-state index contributed by atoms with van der Waals surface area (Å²) in [5.74, 6) is 2.46. The highest BCUT2D eigenvalue weighted by atomic mass is 16.3. The molecule has 4 rings (SSSR count). The summed E-state index contributed by atoms with van der Waals surface area (Å²) in [5, 5.41) is 18.1. The van der Waals surface area contributed by atoms with Crippen LogP contribution in [0.5, 0.6) is 0 Å². The molecule has 6 atom stereocenters. The topological polar surface area (TPSA) is 44.3 Å². The number of fused-ring (bicyclic) bond motifs is 5. The molecule has 3 nitrogen and oxygen atoms in total. The van der Waals surface area contributed by atoms with Crippen LogP contribution in [0.4, 0.5) is 0 Å². The molecule has 0 heterocycles. The van der Waals surface area contributed by atoms with Crippen LogP contribution in [-0.4, -0.2) is 25.2 Å². The minimum Gasteiger partial charge on any atom is -0.512 e. The molecule has 0 aromatic heterocycles. The Hall–Kier alpha value is -0.960. The number of allylic oxidation sites excluding steroid dienone is 4. The van der Waals surface area contributed by atoms with Crippen molar-refractivity contribution in [3.05, 3.63) is 23.1 Å². The summed E-state index contributed by atoms with van der Waals surface area (Å²) < 4.78 is 0. The van der Waals surface area contributed by atoms with Gasteiger partial charge >= 0.3 is 0 Å². The first-order chi connectivity index (χ1) is 11.5. The highest BCUT2D eigenvalue weighted by Gasteiger charge is 2.59. The summed E-state index contributed by atoms with van der Waals surface area (Å²) in [5.41, 5.74) is 3.52. The largest absolute Gasteiger partial charge is 0.512 e. The molecule has 134 valence electrons. The Balaban J connectivity index is 1.82. The van der Waals surface area contributed by atoms with E-state index < -0.39 is 0 Å². The van der Waals surface area contributed by atoms with Crippen LogP contribution < -0.4 is 10.6 Å². The van der Waals surface area contributed by atoms with E-state index in [2.05, 4.69) is 44.7 Å². The van der Waals surface area contributed by atoms with Crippen molar-refractivity contribution in [2.45, 2.75) is 64.8 Å². The Morgan fingerprint density at radius 1 is 1.08 bits per heavy atom. The van der Waals surface area contributed by atoms with E-state index in [0.717, 1.165) is 12.8 Å². The molecule has 0 aromatic carbocycles. The lowest BCUT2D eigenvalue weighted by Crippen LogP contribution is -2.52. The summed E-state index contributed by atoms with van der Waals surface area (Å²) in [7, 11) is 4.24. The zero-order chi connectivity index (χ0) is 17.1. The van der Waals surface area contributed by atoms with Crippen LogP contribution in [0.1, 0.15) is 58.8 Å². The Kier molecular flexibility index (Phi) is 3.80. The summed E-state index contributed by atoms with van der Waals surface area (Å²) in [6.45, 7) is 4.86. The Labute approximate surface area is 147 Å². The lowest BCUT2D eigenvalue weighted by molar-refractivity contribution is 0.0140. The number of rotatable bonds is 2. The third-order valence-electron chi connectivity index (χ3n) is 8.48. The van der Waals surface area contributed by atoms with Crippen molar-refractivity contribution in [1.82, 2.24) is 10.6 Å². The van der Waals surface area contributed by atoms with E-state index >= 15 is 0 Å². The third kappa shape index (κ3) is 1.94. The zero-order valence-electron chi connectivity index (χ0n) is 15.8. The molecule has 4 aliphatic carbocycles. The fourth-order valence-electron chi connectivity index (χ4n) is 7.00. The predicted octanol–water partition coefficient (Wildman–Crippen LogP) is 4.14. The SMILES string of the molecule is CNC1=C2[C@@H]3CC[C@H](NC)[C@@]3(C)CC[C@@H]2[C@@]2(C)C(O)=CCCC2C1. The first-order valence-corrected chi connectivity index (χ1v) is 9.94. The van der Waals surface area contributed by atoms with Crippen LogP contribution in [-0.2, 0) is 0 Å². The molecule has 0 bridgehead atoms. The Bertz CT molecular complexity index is 595. The smallest absolute Gasteiger partial charge is 0.0950 e. The average Bonchev–Trinajstić information content (AvgIpc) is 2.92. The van der Waals surface area contributed by atoms with Gasteiger partial charge in [-0.1, -0.05) is 13.8 Å². The minimum atomic E-state index is -0.0347. The molecule has 0 aromatic rings. The second-order valence-electron chi connectivity index (χ2n) is 9.10. The van der Waals surface area contributed by atoms with Gasteiger partial charge in [-0.25, -0.2) is 0 Å². The molecule has 0 spiro atoms. The van der Waals surface area contributed by atoms with Gasteiger partial charge in [0.05, 0.1) is 5.76 Å². The molecular weight excluding hydrogens is 296 g/mol. The van der Waals surface area contributed by atoms with Crippen molar-refractivity contribution in [1.29, 1.82) is 0 Å². The van der Waals surface area contributed by atoms with E-state index in [1.165, 1.54) is 37.8 Å². The number of hydrogen-bond donors (Lipinski definition) is 3. The second kappa shape index (κ2) is 5.52. The number of nitrogens with one attached hydrogen (secondary N) is 2. The van der Waals surface area contributed by atoms with Gasteiger partial charge in [0.25, 0.3) is 0 Å². The van der Waals surface area contributed by atoms with Crippen LogP contribution in [0.25, 0.3) is 0 Å². The molecule has 2 fully saturated rings. The molecular formula is C21H34N2O. The number of aliphatic hydroxyl groups is 1. The number of hydrogen-bond acceptors (Lipinski definition) is 3. The first kappa shape index (κ1) is 16.5. The molecule has 0 saturated heterocycles. The van der Waals surface area contributed by atoms with Gasteiger partial charge in [0.1, 0.15) is 0 Å². The molecule has 2 saturated carbocycles. The fraction of sp³-hybridized carbons (Fsp3) is 0.810. The Morgan fingerprint density at radius 3 is 2.58 bits per heavy atom. The van der Waals surface area contributed by atoms with Crippen molar-refractivity contribution >= 4 is 0 Å². The molecule has 24 heavy (non-hydrogen) atoms. The van der Waals surface area contributed by atoms with Gasteiger partial charge in [-0.15, -0.1) is 0 Å². The van der Waals surface area contributed by atoms with Gasteiger partial charge < -0.3 is 15.7 Å². The van der Waals surface area contributed by atoms with Gasteiger partial charge in [0.15, 0.2) is 0 Å². The standard InChI is InChI=1S/C21H34N2O/c1-20-11-10-15-19(14(20)8-9-17(20)23-4)16(22-3)12-13-6-5-7-18(24)21(13,15)2/h7,13-15,17,22-24H,5-6,8-12H2,1-4H3/t13?,14-,15-,17-,20-,21-/m0/s1. The molecule has 3 N–H and O–H groups in total. The van der Waals surface area contributed by atoms with Crippen molar-refractivity contribution in [2.75, 3.05) is 14.1 Å². The lowest BCUT2D eigenvalue weighted by Gasteiger charge is -2.57. The molecule has 4 aliphatic rings. The predicted molar refractivity (Wildman–Crippen MR) is 98.6 cm³/mol. The summed E-state index contributed by atoms with van der Waals surface area (Å²) >= 11 is 0. The van der Waals surface area contributed by atoms with Crippen molar-refractivity contribution in [3.63, 3.8) is 0 Å². The molecule has 1 unspecified atom stereocenters. The van der Waals surface area contributed by atoms with Crippen LogP contribution in [0.2, 0.25) is 0 Å². The monoisotopic (exact) mass is 330 g/mol. The molecule has 0 amide bonds. The maximum atomic E-state index is 10.9. The van der Waals surface area contributed by atoms with E-state index in [9.17, 15) is 5.11 Å². The van der Waals surface area contributed by atoms with E-state index in [0.29, 0.717) is 35.0 Å². The summed E-state index contributed by atoms with van der Waals surface area (Å²) in [4.78, 5) is 0. The summed E-state index contributed by atoms with van der Waals surface area (Å²) in [6, 6.07) is 0.634. The van der Waals surface area contributed by atoms with Gasteiger partial charge in [-0.2, -0.15) is 0 Å². The quantitative estimate of drug-likeness (QED) is 0.713. The molecule has 3 heteroatoms. The first-order valence-electron chi connectivity index (χ1n) is 9.94. The van der Waals surface area contributed by atoms with Crippen LogP contribution in [0.15, 0.2) is 23.1 Å². The van der Waals surface area contributed by atoms with E-state index in [-0.39, 0.29) is 5.41 Å². The van der Waals surface area contributed by atoms with Gasteiger partial charge in [-0.3, -0.25) is 0 Å².